The molecule has 1 fully saturated rings. The van der Waals surface area contributed by atoms with E-state index in [0.717, 1.165) is 36.5 Å². The molecule has 1 amide bonds. The van der Waals surface area contributed by atoms with E-state index in [1.54, 1.807) is 0 Å². The largest absolute Gasteiger partial charge is 0.339 e. The Labute approximate surface area is 132 Å². The fourth-order valence-corrected chi connectivity index (χ4v) is 2.63. The van der Waals surface area contributed by atoms with Crippen LogP contribution in [0.2, 0.25) is 5.02 Å². The van der Waals surface area contributed by atoms with E-state index in [9.17, 15) is 4.79 Å². The van der Waals surface area contributed by atoms with Crippen molar-refractivity contribution in [3.05, 3.63) is 34.9 Å². The van der Waals surface area contributed by atoms with Crippen LogP contribution < -0.4 is 5.32 Å². The average molecular weight is 317 g/mol. The van der Waals surface area contributed by atoms with E-state index in [-0.39, 0.29) is 30.3 Å². The third-order valence-electron chi connectivity index (χ3n) is 3.93. The first-order valence-electron chi connectivity index (χ1n) is 6.82. The summed E-state index contributed by atoms with van der Waals surface area (Å²) >= 11 is 5.89. The molecule has 20 heavy (non-hydrogen) atoms. The fraction of sp³-hybridized carbons (Fsp3) is 0.533. The van der Waals surface area contributed by atoms with E-state index in [2.05, 4.69) is 12.2 Å². The Morgan fingerprint density at radius 2 is 2.05 bits per heavy atom. The van der Waals surface area contributed by atoms with Crippen molar-refractivity contribution in [2.45, 2.75) is 25.8 Å². The summed E-state index contributed by atoms with van der Waals surface area (Å²) in [5, 5.41) is 4.02. The second-order valence-corrected chi connectivity index (χ2v) is 5.66. The van der Waals surface area contributed by atoms with Crippen molar-refractivity contribution in [3.8, 4) is 0 Å². The molecule has 1 heterocycles. The molecule has 1 aliphatic rings. The molecule has 2 atom stereocenters. The smallest absolute Gasteiger partial charge is 0.227 e. The van der Waals surface area contributed by atoms with Crippen molar-refractivity contribution in [3.63, 3.8) is 0 Å². The van der Waals surface area contributed by atoms with Crippen LogP contribution in [-0.4, -0.2) is 30.9 Å². The zero-order valence-corrected chi connectivity index (χ0v) is 13.5. The number of hydrogen-bond acceptors (Lipinski definition) is 2. The Hall–Kier alpha value is -0.770. The van der Waals surface area contributed by atoms with Gasteiger partial charge in [0.05, 0.1) is 12.0 Å². The number of carbonyl (C=O) groups excluding carboxylic acids is 1. The number of nitrogens with one attached hydrogen (secondary N) is 1. The first-order chi connectivity index (χ1) is 9.09. The van der Waals surface area contributed by atoms with Crippen LogP contribution in [0.5, 0.6) is 0 Å². The highest BCUT2D eigenvalue weighted by molar-refractivity contribution is 6.30. The van der Waals surface area contributed by atoms with E-state index in [4.69, 9.17) is 11.6 Å². The maximum Gasteiger partial charge on any atom is 0.227 e. The summed E-state index contributed by atoms with van der Waals surface area (Å²) in [6.07, 6.45) is 2.07. The van der Waals surface area contributed by atoms with Gasteiger partial charge in [-0.1, -0.05) is 23.7 Å². The number of hydrogen-bond donors (Lipinski definition) is 1. The van der Waals surface area contributed by atoms with Gasteiger partial charge in [-0.3, -0.25) is 4.79 Å². The summed E-state index contributed by atoms with van der Waals surface area (Å²) in [6.45, 7) is 3.88. The molecule has 0 spiro atoms. The zero-order chi connectivity index (χ0) is 13.8. The van der Waals surface area contributed by atoms with Crippen molar-refractivity contribution in [1.29, 1.82) is 0 Å². The molecule has 1 aromatic carbocycles. The van der Waals surface area contributed by atoms with Crippen molar-refractivity contribution < 1.29 is 4.79 Å². The summed E-state index contributed by atoms with van der Waals surface area (Å²) in [5.41, 5.74) is 1.11. The number of nitrogens with zero attached hydrogens (tertiary/aromatic N) is 1. The highest BCUT2D eigenvalue weighted by Gasteiger charge is 2.26. The van der Waals surface area contributed by atoms with E-state index in [1.165, 1.54) is 0 Å². The Kier molecular flexibility index (Phi) is 6.80. The van der Waals surface area contributed by atoms with Gasteiger partial charge in [0, 0.05) is 18.6 Å². The summed E-state index contributed by atoms with van der Waals surface area (Å²) in [6, 6.07) is 7.78. The Morgan fingerprint density at radius 3 is 2.60 bits per heavy atom. The molecule has 0 bridgehead atoms. The van der Waals surface area contributed by atoms with Crippen LogP contribution in [0.4, 0.5) is 0 Å². The monoisotopic (exact) mass is 316 g/mol. The lowest BCUT2D eigenvalue weighted by atomic mass is 9.97. The van der Waals surface area contributed by atoms with Gasteiger partial charge in [0.2, 0.25) is 5.91 Å². The van der Waals surface area contributed by atoms with Crippen LogP contribution >= 0.6 is 24.0 Å². The van der Waals surface area contributed by atoms with Gasteiger partial charge in [-0.25, -0.2) is 0 Å². The number of piperidine rings is 1. The molecule has 0 saturated carbocycles. The third kappa shape index (κ3) is 4.11. The molecular formula is C15H22Cl2N2O. The van der Waals surface area contributed by atoms with E-state index >= 15 is 0 Å². The highest BCUT2D eigenvalue weighted by atomic mass is 35.5. The molecule has 1 unspecified atom stereocenters. The van der Waals surface area contributed by atoms with Crippen LogP contribution in [0.15, 0.2) is 24.3 Å². The Bertz CT molecular complexity index is 430. The number of amides is 1. The van der Waals surface area contributed by atoms with E-state index in [1.807, 2.05) is 36.2 Å². The second-order valence-electron chi connectivity index (χ2n) is 5.22. The van der Waals surface area contributed by atoms with Crippen LogP contribution in [0.25, 0.3) is 0 Å². The number of halogens is 2. The molecule has 0 aromatic heterocycles. The lowest BCUT2D eigenvalue weighted by Gasteiger charge is -2.31. The van der Waals surface area contributed by atoms with Gasteiger partial charge in [-0.05, 0) is 44.0 Å². The first kappa shape index (κ1) is 17.3. The maximum atomic E-state index is 12.4. The van der Waals surface area contributed by atoms with Crippen LogP contribution in [0.1, 0.15) is 31.4 Å². The number of benzene rings is 1. The summed E-state index contributed by atoms with van der Waals surface area (Å²) < 4.78 is 0. The summed E-state index contributed by atoms with van der Waals surface area (Å²) in [7, 11) is 1.89. The van der Waals surface area contributed by atoms with Crippen molar-refractivity contribution in [2.24, 2.45) is 5.92 Å². The normalized spacial score (nSPS) is 19.9. The highest BCUT2D eigenvalue weighted by Crippen LogP contribution is 2.23. The minimum absolute atomic E-state index is 0. The molecule has 0 radical (unpaired) electrons. The van der Waals surface area contributed by atoms with Gasteiger partial charge in [0.1, 0.15) is 0 Å². The SMILES string of the molecule is CC(c1ccc(Cl)cc1)N(C)C(=O)[C@@H]1CCCNC1.Cl. The maximum absolute atomic E-state index is 12.4. The summed E-state index contributed by atoms with van der Waals surface area (Å²) in [5.74, 6) is 0.350. The molecule has 1 aromatic rings. The second kappa shape index (κ2) is 7.87. The van der Waals surface area contributed by atoms with Crippen LogP contribution in [-0.2, 0) is 4.79 Å². The van der Waals surface area contributed by atoms with E-state index < -0.39 is 0 Å². The van der Waals surface area contributed by atoms with Gasteiger partial charge in [0.25, 0.3) is 0 Å². The van der Waals surface area contributed by atoms with E-state index in [0.29, 0.717) is 0 Å². The molecule has 2 rings (SSSR count). The molecule has 0 aliphatic carbocycles. The van der Waals surface area contributed by atoms with Gasteiger partial charge < -0.3 is 10.2 Å². The molecule has 5 heteroatoms. The molecular weight excluding hydrogens is 295 g/mol. The lowest BCUT2D eigenvalue weighted by molar-refractivity contribution is -0.136. The number of rotatable bonds is 3. The van der Waals surface area contributed by atoms with Gasteiger partial charge >= 0.3 is 0 Å². The molecule has 1 saturated heterocycles. The van der Waals surface area contributed by atoms with Crippen molar-refractivity contribution in [1.82, 2.24) is 10.2 Å². The topological polar surface area (TPSA) is 32.3 Å². The first-order valence-corrected chi connectivity index (χ1v) is 7.20. The average Bonchev–Trinajstić information content (AvgIpc) is 2.46. The van der Waals surface area contributed by atoms with Gasteiger partial charge in [-0.15, -0.1) is 12.4 Å². The third-order valence-corrected chi connectivity index (χ3v) is 4.18. The molecule has 112 valence electrons. The quantitative estimate of drug-likeness (QED) is 0.928. The zero-order valence-electron chi connectivity index (χ0n) is 11.9. The van der Waals surface area contributed by atoms with Crippen molar-refractivity contribution >= 4 is 29.9 Å². The van der Waals surface area contributed by atoms with Gasteiger partial charge in [-0.2, -0.15) is 0 Å². The summed E-state index contributed by atoms with van der Waals surface area (Å²) in [4.78, 5) is 14.3. The Balaban J connectivity index is 0.00000200. The fourth-order valence-electron chi connectivity index (χ4n) is 2.51. The predicted molar refractivity (Wildman–Crippen MR) is 85.5 cm³/mol. The van der Waals surface area contributed by atoms with Crippen molar-refractivity contribution in [2.75, 3.05) is 20.1 Å². The molecule has 3 nitrogen and oxygen atoms in total. The Morgan fingerprint density at radius 1 is 1.40 bits per heavy atom. The van der Waals surface area contributed by atoms with Crippen LogP contribution in [0, 0.1) is 5.92 Å². The molecule has 1 aliphatic heterocycles. The molecule has 1 N–H and O–H groups in total. The predicted octanol–water partition coefficient (Wildman–Crippen LogP) is 3.28. The number of carbonyl (C=O) groups is 1. The lowest BCUT2D eigenvalue weighted by Crippen LogP contribution is -2.42. The van der Waals surface area contributed by atoms with Crippen LogP contribution in [0.3, 0.4) is 0 Å². The minimum Gasteiger partial charge on any atom is -0.339 e. The minimum atomic E-state index is 0. The standard InChI is InChI=1S/C15H21ClN2O.ClH/c1-11(12-5-7-14(16)8-6-12)18(2)15(19)13-4-3-9-17-10-13;/h5-8,11,13,17H,3-4,9-10H2,1-2H3;1H/t11?,13-;/m1./s1. The van der Waals surface area contributed by atoms with Gasteiger partial charge in [0.15, 0.2) is 0 Å².